The molecule has 0 radical (unpaired) electrons. The second-order valence-electron chi connectivity index (χ2n) is 4.42. The average Bonchev–Trinajstić information content (AvgIpc) is 2.28. The summed E-state index contributed by atoms with van der Waals surface area (Å²) >= 11 is 1.60. The van der Waals surface area contributed by atoms with Gasteiger partial charge in [-0.05, 0) is 38.6 Å². The van der Waals surface area contributed by atoms with E-state index in [0.717, 1.165) is 10.6 Å². The van der Waals surface area contributed by atoms with Crippen LogP contribution in [0.2, 0.25) is 0 Å². The first-order valence-corrected chi connectivity index (χ1v) is 6.27. The Morgan fingerprint density at radius 3 is 2.88 bits per heavy atom. The van der Waals surface area contributed by atoms with Crippen molar-refractivity contribution in [2.45, 2.75) is 24.3 Å². The van der Waals surface area contributed by atoms with Crippen LogP contribution in [0.15, 0.2) is 23.1 Å². The molecule has 4 heteroatoms. The highest BCUT2D eigenvalue weighted by atomic mass is 32.2. The van der Waals surface area contributed by atoms with Gasteiger partial charge in [-0.3, -0.25) is 4.79 Å². The molecule has 2 rings (SSSR count). The van der Waals surface area contributed by atoms with Crippen molar-refractivity contribution in [1.29, 1.82) is 0 Å². The van der Waals surface area contributed by atoms with Crippen molar-refractivity contribution >= 4 is 23.4 Å². The van der Waals surface area contributed by atoms with E-state index in [1.54, 1.807) is 11.8 Å². The molecule has 1 aromatic carbocycles. The third kappa shape index (κ3) is 2.08. The van der Waals surface area contributed by atoms with Gasteiger partial charge in [-0.15, -0.1) is 11.8 Å². The Bertz CT molecular complexity index is 429. The average molecular weight is 236 g/mol. The van der Waals surface area contributed by atoms with Crippen LogP contribution in [0.25, 0.3) is 0 Å². The van der Waals surface area contributed by atoms with Gasteiger partial charge in [0, 0.05) is 10.4 Å². The number of fused-ring (bicyclic) bond motifs is 1. The molecule has 0 saturated carbocycles. The highest BCUT2D eigenvalue weighted by molar-refractivity contribution is 8.00. The molecule has 1 aliphatic rings. The van der Waals surface area contributed by atoms with E-state index in [4.69, 9.17) is 0 Å². The van der Waals surface area contributed by atoms with E-state index in [-0.39, 0.29) is 11.4 Å². The first-order valence-electron chi connectivity index (χ1n) is 5.29. The summed E-state index contributed by atoms with van der Waals surface area (Å²) in [5.74, 6) is 0.592. The Labute approximate surface area is 100.0 Å². The number of hydrogen-bond acceptors (Lipinski definition) is 3. The number of nitrogens with one attached hydrogen (secondary N) is 2. The van der Waals surface area contributed by atoms with Crippen LogP contribution in [0, 0.1) is 0 Å². The molecule has 0 aromatic heterocycles. The van der Waals surface area contributed by atoms with Crippen molar-refractivity contribution in [3.05, 3.63) is 23.8 Å². The van der Waals surface area contributed by atoms with Crippen LogP contribution < -0.4 is 10.6 Å². The van der Waals surface area contributed by atoms with Gasteiger partial charge in [0.1, 0.15) is 0 Å². The van der Waals surface area contributed by atoms with Gasteiger partial charge in [-0.25, -0.2) is 0 Å². The van der Waals surface area contributed by atoms with Crippen LogP contribution in [0.4, 0.5) is 5.69 Å². The summed E-state index contributed by atoms with van der Waals surface area (Å²) in [4.78, 5) is 12.4. The summed E-state index contributed by atoms with van der Waals surface area (Å²) in [6.07, 6.45) is 0. The summed E-state index contributed by atoms with van der Waals surface area (Å²) < 4.78 is 0. The molecular weight excluding hydrogens is 220 g/mol. The Kier molecular flexibility index (Phi) is 2.95. The van der Waals surface area contributed by atoms with Crippen molar-refractivity contribution in [2.24, 2.45) is 0 Å². The SMILES string of the molecule is CNC(C)(C)c1ccc2c(c1)SCC(=O)N2. The van der Waals surface area contributed by atoms with E-state index in [9.17, 15) is 4.79 Å². The first-order chi connectivity index (χ1) is 7.53. The van der Waals surface area contributed by atoms with Gasteiger partial charge in [0.05, 0.1) is 11.4 Å². The molecule has 0 fully saturated rings. The standard InChI is InChI=1S/C12H16N2OS/c1-12(2,13-3)8-4-5-9-10(6-8)16-7-11(15)14-9/h4-6,13H,7H2,1-3H3,(H,14,15). The number of amides is 1. The van der Waals surface area contributed by atoms with Crippen molar-refractivity contribution in [1.82, 2.24) is 5.32 Å². The van der Waals surface area contributed by atoms with Crippen LogP contribution in [-0.2, 0) is 10.3 Å². The topological polar surface area (TPSA) is 41.1 Å². The minimum atomic E-state index is -0.0446. The molecule has 0 unspecified atom stereocenters. The van der Waals surface area contributed by atoms with Gasteiger partial charge in [-0.1, -0.05) is 6.07 Å². The predicted octanol–water partition coefficient (Wildman–Crippen LogP) is 2.19. The number of rotatable bonds is 2. The summed E-state index contributed by atoms with van der Waals surface area (Å²) in [7, 11) is 1.95. The molecule has 86 valence electrons. The summed E-state index contributed by atoms with van der Waals surface area (Å²) in [5, 5.41) is 6.15. The van der Waals surface area contributed by atoms with Gasteiger partial charge in [0.25, 0.3) is 0 Å². The molecule has 1 heterocycles. The monoisotopic (exact) mass is 236 g/mol. The van der Waals surface area contributed by atoms with Gasteiger partial charge >= 0.3 is 0 Å². The molecule has 0 bridgehead atoms. The largest absolute Gasteiger partial charge is 0.324 e. The smallest absolute Gasteiger partial charge is 0.234 e. The van der Waals surface area contributed by atoms with E-state index in [1.807, 2.05) is 13.1 Å². The van der Waals surface area contributed by atoms with Gasteiger partial charge in [0.2, 0.25) is 5.91 Å². The lowest BCUT2D eigenvalue weighted by Gasteiger charge is -2.26. The molecule has 0 saturated heterocycles. The molecule has 16 heavy (non-hydrogen) atoms. The zero-order valence-corrected chi connectivity index (χ0v) is 10.6. The predicted molar refractivity (Wildman–Crippen MR) is 67.9 cm³/mol. The van der Waals surface area contributed by atoms with Gasteiger partial charge in [0.15, 0.2) is 0 Å². The minimum absolute atomic E-state index is 0.0446. The van der Waals surface area contributed by atoms with Crippen molar-refractivity contribution < 1.29 is 4.79 Å². The first kappa shape index (κ1) is 11.5. The maximum absolute atomic E-state index is 11.2. The number of anilines is 1. The molecular formula is C12H16N2OS. The van der Waals surface area contributed by atoms with Crippen LogP contribution in [0.5, 0.6) is 0 Å². The van der Waals surface area contributed by atoms with Crippen molar-refractivity contribution in [3.8, 4) is 0 Å². The number of carbonyl (C=O) groups is 1. The molecule has 0 spiro atoms. The quantitative estimate of drug-likeness (QED) is 0.827. The Balaban J connectivity index is 2.36. The highest BCUT2D eigenvalue weighted by Gasteiger charge is 2.21. The van der Waals surface area contributed by atoms with Crippen molar-refractivity contribution in [2.75, 3.05) is 18.1 Å². The third-order valence-electron chi connectivity index (χ3n) is 2.96. The summed E-state index contributed by atoms with van der Waals surface area (Å²) in [6, 6.07) is 6.19. The second kappa shape index (κ2) is 4.11. The maximum Gasteiger partial charge on any atom is 0.234 e. The molecule has 0 atom stereocenters. The van der Waals surface area contributed by atoms with E-state index in [0.29, 0.717) is 5.75 Å². The Morgan fingerprint density at radius 1 is 1.44 bits per heavy atom. The zero-order chi connectivity index (χ0) is 11.8. The molecule has 1 aromatic rings. The van der Waals surface area contributed by atoms with E-state index in [2.05, 4.69) is 36.6 Å². The summed E-state index contributed by atoms with van der Waals surface area (Å²) in [5.41, 5.74) is 2.12. The summed E-state index contributed by atoms with van der Waals surface area (Å²) in [6.45, 7) is 4.28. The number of hydrogen-bond donors (Lipinski definition) is 2. The van der Waals surface area contributed by atoms with Gasteiger partial charge in [-0.2, -0.15) is 0 Å². The molecule has 0 aliphatic carbocycles. The number of benzene rings is 1. The number of thioether (sulfide) groups is 1. The Morgan fingerprint density at radius 2 is 2.19 bits per heavy atom. The van der Waals surface area contributed by atoms with E-state index >= 15 is 0 Å². The van der Waals surface area contributed by atoms with E-state index < -0.39 is 0 Å². The maximum atomic E-state index is 11.2. The fraction of sp³-hybridized carbons (Fsp3) is 0.417. The lowest BCUT2D eigenvalue weighted by atomic mass is 9.94. The van der Waals surface area contributed by atoms with Crippen LogP contribution in [0.1, 0.15) is 19.4 Å². The normalized spacial score (nSPS) is 15.6. The molecule has 1 aliphatic heterocycles. The van der Waals surface area contributed by atoms with E-state index in [1.165, 1.54) is 5.56 Å². The van der Waals surface area contributed by atoms with Gasteiger partial charge < -0.3 is 10.6 Å². The lowest BCUT2D eigenvalue weighted by molar-refractivity contribution is -0.113. The molecule has 2 N–H and O–H groups in total. The highest BCUT2D eigenvalue weighted by Crippen LogP contribution is 2.34. The van der Waals surface area contributed by atoms with Crippen LogP contribution in [0.3, 0.4) is 0 Å². The number of carbonyl (C=O) groups excluding carboxylic acids is 1. The van der Waals surface area contributed by atoms with Crippen molar-refractivity contribution in [3.63, 3.8) is 0 Å². The fourth-order valence-corrected chi connectivity index (χ4v) is 2.45. The molecule has 3 nitrogen and oxygen atoms in total. The minimum Gasteiger partial charge on any atom is -0.324 e. The fourth-order valence-electron chi connectivity index (χ4n) is 1.61. The lowest BCUT2D eigenvalue weighted by Crippen LogP contribution is -2.33. The Hall–Kier alpha value is -1.00. The molecule has 1 amide bonds. The second-order valence-corrected chi connectivity index (χ2v) is 5.44. The van der Waals surface area contributed by atoms with Crippen LogP contribution >= 0.6 is 11.8 Å². The van der Waals surface area contributed by atoms with Crippen LogP contribution in [-0.4, -0.2) is 18.7 Å². The third-order valence-corrected chi connectivity index (χ3v) is 4.02. The zero-order valence-electron chi connectivity index (χ0n) is 9.76.